The fourth-order valence-electron chi connectivity index (χ4n) is 2.88. The first-order valence-corrected chi connectivity index (χ1v) is 8.87. The van der Waals surface area contributed by atoms with Gasteiger partial charge in [-0.25, -0.2) is 4.39 Å². The Morgan fingerprint density at radius 1 is 1.34 bits per heavy atom. The van der Waals surface area contributed by atoms with Gasteiger partial charge in [0, 0.05) is 23.0 Å². The molecule has 0 radical (unpaired) electrons. The van der Waals surface area contributed by atoms with Crippen LogP contribution in [0.3, 0.4) is 0 Å². The summed E-state index contributed by atoms with van der Waals surface area (Å²) < 4.78 is 14.5. The number of halogens is 1. The molecule has 3 atom stereocenters. The third-order valence-corrected chi connectivity index (χ3v) is 4.60. The molecule has 29 heavy (non-hydrogen) atoms. The summed E-state index contributed by atoms with van der Waals surface area (Å²) in [6, 6.07) is 3.13. The van der Waals surface area contributed by atoms with Gasteiger partial charge in [-0.1, -0.05) is 11.8 Å². The number of hydrogen-bond acceptors (Lipinski definition) is 5. The molecule has 1 aromatic heterocycles. The van der Waals surface area contributed by atoms with Gasteiger partial charge >= 0.3 is 0 Å². The molecule has 1 aliphatic rings. The minimum atomic E-state index is -1.38. The number of amides is 1. The second kappa shape index (κ2) is 8.01. The van der Waals surface area contributed by atoms with E-state index in [1.165, 1.54) is 32.2 Å². The molecule has 0 unspecified atom stereocenters. The Hall–Kier alpha value is -3.25. The van der Waals surface area contributed by atoms with Gasteiger partial charge in [0.25, 0.3) is 5.91 Å². The van der Waals surface area contributed by atoms with Crippen molar-refractivity contribution in [2.45, 2.75) is 32.1 Å². The maximum Gasteiger partial charge on any atom is 0.256 e. The zero-order chi connectivity index (χ0) is 21.3. The summed E-state index contributed by atoms with van der Waals surface area (Å²) in [7, 11) is 0. The lowest BCUT2D eigenvalue weighted by molar-refractivity contribution is -0.110. The number of benzene rings is 1. The van der Waals surface area contributed by atoms with E-state index in [-0.39, 0.29) is 22.5 Å². The number of aliphatic hydroxyl groups excluding tert-OH is 2. The smallest absolute Gasteiger partial charge is 0.256 e. The fourth-order valence-corrected chi connectivity index (χ4v) is 2.88. The molecule has 0 aliphatic carbocycles. The van der Waals surface area contributed by atoms with Crippen LogP contribution in [0.25, 0.3) is 11.6 Å². The number of ketones is 1. The molecular formula is C21H20FN3O4. The first kappa shape index (κ1) is 20.5. The molecule has 1 aromatic carbocycles. The van der Waals surface area contributed by atoms with Crippen molar-refractivity contribution in [2.75, 3.05) is 5.32 Å². The Morgan fingerprint density at radius 3 is 2.69 bits per heavy atom. The normalized spacial score (nSPS) is 17.2. The van der Waals surface area contributed by atoms with Gasteiger partial charge in [-0.3, -0.25) is 9.59 Å². The highest BCUT2D eigenvalue weighted by Gasteiger charge is 2.29. The molecule has 3 rings (SSSR count). The van der Waals surface area contributed by atoms with Gasteiger partial charge in [-0.15, -0.1) is 0 Å². The highest BCUT2D eigenvalue weighted by molar-refractivity contribution is 6.35. The molecule has 7 nitrogen and oxygen atoms in total. The number of aromatic amines is 1. The number of rotatable bonds is 4. The molecule has 2 aromatic rings. The molecule has 2 heterocycles. The molecule has 0 fully saturated rings. The van der Waals surface area contributed by atoms with Crippen molar-refractivity contribution in [3.63, 3.8) is 0 Å². The van der Waals surface area contributed by atoms with Gasteiger partial charge in [-0.05, 0) is 38.1 Å². The van der Waals surface area contributed by atoms with E-state index in [0.29, 0.717) is 16.9 Å². The molecule has 8 heteroatoms. The summed E-state index contributed by atoms with van der Waals surface area (Å²) in [5, 5.41) is 22.1. The van der Waals surface area contributed by atoms with Crippen molar-refractivity contribution in [1.29, 1.82) is 0 Å². The van der Waals surface area contributed by atoms with Gasteiger partial charge < -0.3 is 26.2 Å². The SMILES string of the molecule is CC(=O)c1c[nH]c(/C=C2\C(=O)Nc3ccc(F)c(C#C[C@@H](O)[C@@H](N)[C@@H](C)O)c32)c1. The second-order valence-electron chi connectivity index (χ2n) is 6.79. The monoisotopic (exact) mass is 397 g/mol. The summed E-state index contributed by atoms with van der Waals surface area (Å²) in [6.07, 6.45) is 0.621. The molecule has 0 bridgehead atoms. The van der Waals surface area contributed by atoms with E-state index in [9.17, 15) is 24.2 Å². The van der Waals surface area contributed by atoms with Crippen molar-refractivity contribution < 1.29 is 24.2 Å². The highest BCUT2D eigenvalue weighted by atomic mass is 19.1. The average Bonchev–Trinajstić information content (AvgIpc) is 3.25. The van der Waals surface area contributed by atoms with E-state index in [1.54, 1.807) is 6.07 Å². The zero-order valence-corrected chi connectivity index (χ0v) is 15.8. The first-order chi connectivity index (χ1) is 13.7. The molecule has 1 amide bonds. The van der Waals surface area contributed by atoms with Crippen molar-refractivity contribution >= 4 is 29.0 Å². The molecular weight excluding hydrogens is 377 g/mol. The predicted octanol–water partition coefficient (Wildman–Crippen LogP) is 1.27. The third-order valence-electron chi connectivity index (χ3n) is 4.60. The summed E-state index contributed by atoms with van der Waals surface area (Å²) in [5.41, 5.74) is 7.29. The van der Waals surface area contributed by atoms with Crippen LogP contribution in [0, 0.1) is 17.7 Å². The van der Waals surface area contributed by atoms with Crippen molar-refractivity contribution in [2.24, 2.45) is 5.73 Å². The lowest BCUT2D eigenvalue weighted by atomic mass is 9.98. The number of carbonyl (C=O) groups excluding carboxylic acids is 2. The van der Waals surface area contributed by atoms with Gasteiger partial charge in [0.2, 0.25) is 0 Å². The first-order valence-electron chi connectivity index (χ1n) is 8.87. The van der Waals surface area contributed by atoms with Crippen LogP contribution in [0.15, 0.2) is 24.4 Å². The number of nitrogens with two attached hydrogens (primary N) is 1. The lowest BCUT2D eigenvalue weighted by Crippen LogP contribution is -2.42. The van der Waals surface area contributed by atoms with Crippen LogP contribution in [-0.4, -0.2) is 45.1 Å². The van der Waals surface area contributed by atoms with Gasteiger partial charge in [0.1, 0.15) is 11.9 Å². The number of fused-ring (bicyclic) bond motifs is 1. The predicted molar refractivity (Wildman–Crippen MR) is 106 cm³/mol. The van der Waals surface area contributed by atoms with Gasteiger partial charge in [-0.2, -0.15) is 0 Å². The number of anilines is 1. The van der Waals surface area contributed by atoms with Gasteiger partial charge in [0.05, 0.1) is 29.0 Å². The quantitative estimate of drug-likeness (QED) is 0.302. The zero-order valence-electron chi connectivity index (χ0n) is 15.8. The summed E-state index contributed by atoms with van der Waals surface area (Å²) in [4.78, 5) is 26.8. The standard InChI is InChI=1S/C21H20FN3O4/c1-10(26)12-7-13(24-9-12)8-15-19-14(3-6-18(28)20(23)11(2)27)16(22)4-5-17(19)25-21(15)29/h4-5,7-9,11,18,20,24,27-28H,23H2,1-2H3,(H,25,29)/b15-8-/t11-,18-,20+/m1/s1. The number of carbonyl (C=O) groups is 2. The molecule has 1 aliphatic heterocycles. The van der Waals surface area contributed by atoms with Crippen LogP contribution in [0.1, 0.15) is 41.0 Å². The number of Topliss-reactive ketones (excluding diaryl/α,β-unsaturated/α-hetero) is 1. The highest BCUT2D eigenvalue weighted by Crippen LogP contribution is 2.36. The van der Waals surface area contributed by atoms with E-state index < -0.39 is 30.0 Å². The van der Waals surface area contributed by atoms with E-state index in [2.05, 4.69) is 22.1 Å². The topological polar surface area (TPSA) is 128 Å². The molecule has 6 N–H and O–H groups in total. The number of aliphatic hydroxyl groups is 2. The molecule has 150 valence electrons. The Bertz CT molecular complexity index is 1080. The second-order valence-corrected chi connectivity index (χ2v) is 6.79. The molecule has 0 saturated heterocycles. The van der Waals surface area contributed by atoms with Crippen LogP contribution in [-0.2, 0) is 4.79 Å². The maximum absolute atomic E-state index is 14.5. The average molecular weight is 397 g/mol. The van der Waals surface area contributed by atoms with E-state index in [1.807, 2.05) is 0 Å². The summed E-state index contributed by atoms with van der Waals surface area (Å²) >= 11 is 0. The van der Waals surface area contributed by atoms with Crippen molar-refractivity contribution in [1.82, 2.24) is 4.98 Å². The Labute approximate surface area is 166 Å². The molecule has 0 saturated carbocycles. The largest absolute Gasteiger partial charge is 0.392 e. The van der Waals surface area contributed by atoms with E-state index >= 15 is 0 Å². The van der Waals surface area contributed by atoms with Crippen molar-refractivity contribution in [3.8, 4) is 11.8 Å². The van der Waals surface area contributed by atoms with Crippen LogP contribution in [0.4, 0.5) is 10.1 Å². The van der Waals surface area contributed by atoms with E-state index in [0.717, 1.165) is 6.07 Å². The Morgan fingerprint density at radius 2 is 2.07 bits per heavy atom. The van der Waals surface area contributed by atoms with Crippen molar-refractivity contribution in [3.05, 3.63) is 52.6 Å². The minimum absolute atomic E-state index is 0.0812. The number of H-pyrrole nitrogens is 1. The number of hydrogen-bond donors (Lipinski definition) is 5. The third kappa shape index (κ3) is 4.12. The fraction of sp³-hybridized carbons (Fsp3) is 0.238. The molecule has 0 spiro atoms. The summed E-state index contributed by atoms with van der Waals surface area (Å²) in [6.45, 7) is 2.83. The minimum Gasteiger partial charge on any atom is -0.392 e. The van der Waals surface area contributed by atoms with Crippen LogP contribution in [0.5, 0.6) is 0 Å². The number of nitrogens with one attached hydrogen (secondary N) is 2. The van der Waals surface area contributed by atoms with Crippen LogP contribution in [0.2, 0.25) is 0 Å². The Balaban J connectivity index is 2.07. The van der Waals surface area contributed by atoms with Gasteiger partial charge in [0.15, 0.2) is 5.78 Å². The van der Waals surface area contributed by atoms with Crippen LogP contribution < -0.4 is 11.1 Å². The lowest BCUT2D eigenvalue weighted by Gasteiger charge is -2.16. The van der Waals surface area contributed by atoms with E-state index in [4.69, 9.17) is 5.73 Å². The van der Waals surface area contributed by atoms with Crippen LogP contribution >= 0.6 is 0 Å². The number of aromatic nitrogens is 1. The summed E-state index contributed by atoms with van der Waals surface area (Å²) in [5.74, 6) is 3.72. The Kier molecular flexibility index (Phi) is 5.66. The maximum atomic E-state index is 14.5.